The molecule has 122 valence electrons. The SMILES string of the molecule is CCc1cc(C(=O)N2CCNCC2)c(NC(=O)c2ccco2)s1. The van der Waals surface area contributed by atoms with Crippen molar-refractivity contribution < 1.29 is 14.0 Å². The minimum Gasteiger partial charge on any atom is -0.459 e. The van der Waals surface area contributed by atoms with Gasteiger partial charge in [0, 0.05) is 31.1 Å². The van der Waals surface area contributed by atoms with Gasteiger partial charge < -0.3 is 20.0 Å². The van der Waals surface area contributed by atoms with E-state index in [-0.39, 0.29) is 17.6 Å². The monoisotopic (exact) mass is 333 g/mol. The Kier molecular flexibility index (Phi) is 4.78. The van der Waals surface area contributed by atoms with E-state index in [4.69, 9.17) is 4.42 Å². The van der Waals surface area contributed by atoms with E-state index in [2.05, 4.69) is 10.6 Å². The molecular formula is C16H19N3O3S. The van der Waals surface area contributed by atoms with Gasteiger partial charge in [-0.1, -0.05) is 6.92 Å². The molecule has 7 heteroatoms. The molecule has 2 amide bonds. The summed E-state index contributed by atoms with van der Waals surface area (Å²) in [5.41, 5.74) is 0.564. The maximum absolute atomic E-state index is 12.7. The van der Waals surface area contributed by atoms with Crippen LogP contribution in [-0.2, 0) is 6.42 Å². The summed E-state index contributed by atoms with van der Waals surface area (Å²) in [6.07, 6.45) is 2.27. The van der Waals surface area contributed by atoms with Gasteiger partial charge in [-0.05, 0) is 24.6 Å². The summed E-state index contributed by atoms with van der Waals surface area (Å²) in [6, 6.07) is 5.14. The number of piperazine rings is 1. The Hall–Kier alpha value is -2.12. The van der Waals surface area contributed by atoms with Crippen molar-refractivity contribution in [1.82, 2.24) is 10.2 Å². The molecule has 0 aliphatic carbocycles. The van der Waals surface area contributed by atoms with E-state index < -0.39 is 0 Å². The number of nitrogens with zero attached hydrogens (tertiary/aromatic N) is 1. The number of hydrogen-bond acceptors (Lipinski definition) is 5. The first-order chi connectivity index (χ1) is 11.2. The lowest BCUT2D eigenvalue weighted by molar-refractivity contribution is 0.0737. The van der Waals surface area contributed by atoms with Crippen molar-refractivity contribution >= 4 is 28.2 Å². The van der Waals surface area contributed by atoms with E-state index >= 15 is 0 Å². The highest BCUT2D eigenvalue weighted by Crippen LogP contribution is 2.30. The third-order valence-electron chi connectivity index (χ3n) is 3.74. The molecule has 0 radical (unpaired) electrons. The smallest absolute Gasteiger partial charge is 0.291 e. The van der Waals surface area contributed by atoms with Crippen molar-refractivity contribution in [3.8, 4) is 0 Å². The largest absolute Gasteiger partial charge is 0.459 e. The second-order valence-corrected chi connectivity index (χ2v) is 6.42. The van der Waals surface area contributed by atoms with Crippen LogP contribution in [0.4, 0.5) is 5.00 Å². The van der Waals surface area contributed by atoms with Crippen molar-refractivity contribution in [1.29, 1.82) is 0 Å². The third kappa shape index (κ3) is 3.46. The number of hydrogen-bond donors (Lipinski definition) is 2. The molecule has 2 aromatic rings. The van der Waals surface area contributed by atoms with Crippen LogP contribution in [0.15, 0.2) is 28.9 Å². The molecule has 3 heterocycles. The van der Waals surface area contributed by atoms with Gasteiger partial charge in [-0.15, -0.1) is 11.3 Å². The van der Waals surface area contributed by atoms with Crippen LogP contribution in [0, 0.1) is 0 Å². The molecule has 1 fully saturated rings. The Morgan fingerprint density at radius 1 is 1.39 bits per heavy atom. The molecule has 0 atom stereocenters. The Balaban J connectivity index is 1.83. The molecule has 0 aromatic carbocycles. The molecule has 2 N–H and O–H groups in total. The molecule has 0 bridgehead atoms. The molecule has 1 saturated heterocycles. The topological polar surface area (TPSA) is 74.6 Å². The number of anilines is 1. The molecule has 0 saturated carbocycles. The van der Waals surface area contributed by atoms with E-state index in [1.165, 1.54) is 17.6 Å². The van der Waals surface area contributed by atoms with Crippen molar-refractivity contribution in [2.45, 2.75) is 13.3 Å². The zero-order valence-electron chi connectivity index (χ0n) is 12.9. The maximum atomic E-state index is 12.7. The van der Waals surface area contributed by atoms with Crippen LogP contribution in [0.3, 0.4) is 0 Å². The summed E-state index contributed by atoms with van der Waals surface area (Å²) in [6.45, 7) is 4.99. The summed E-state index contributed by atoms with van der Waals surface area (Å²) in [7, 11) is 0. The van der Waals surface area contributed by atoms with Crippen LogP contribution >= 0.6 is 11.3 Å². The lowest BCUT2D eigenvalue weighted by atomic mass is 10.2. The van der Waals surface area contributed by atoms with Gasteiger partial charge in [0.05, 0.1) is 11.8 Å². The van der Waals surface area contributed by atoms with E-state index in [0.29, 0.717) is 23.7 Å². The quantitative estimate of drug-likeness (QED) is 0.899. The Bertz CT molecular complexity index is 687. The number of aryl methyl sites for hydroxylation is 1. The summed E-state index contributed by atoms with van der Waals surface area (Å²) < 4.78 is 5.11. The van der Waals surface area contributed by atoms with Gasteiger partial charge in [0.2, 0.25) is 0 Å². The molecule has 0 unspecified atom stereocenters. The molecule has 1 aliphatic rings. The first-order valence-electron chi connectivity index (χ1n) is 7.66. The number of furan rings is 1. The predicted molar refractivity (Wildman–Crippen MR) is 89.1 cm³/mol. The number of nitrogens with one attached hydrogen (secondary N) is 2. The minimum absolute atomic E-state index is 0.0304. The number of carbonyl (C=O) groups is 2. The Morgan fingerprint density at radius 3 is 2.83 bits per heavy atom. The number of carbonyl (C=O) groups excluding carboxylic acids is 2. The highest BCUT2D eigenvalue weighted by atomic mass is 32.1. The van der Waals surface area contributed by atoms with Crippen LogP contribution in [0.25, 0.3) is 0 Å². The molecule has 1 aliphatic heterocycles. The van der Waals surface area contributed by atoms with E-state index in [0.717, 1.165) is 24.4 Å². The summed E-state index contributed by atoms with van der Waals surface area (Å²) in [5, 5.41) is 6.63. The van der Waals surface area contributed by atoms with Gasteiger partial charge in [-0.2, -0.15) is 0 Å². The highest BCUT2D eigenvalue weighted by molar-refractivity contribution is 7.16. The molecule has 6 nitrogen and oxygen atoms in total. The zero-order chi connectivity index (χ0) is 16.2. The number of amides is 2. The second-order valence-electron chi connectivity index (χ2n) is 5.28. The van der Waals surface area contributed by atoms with Crippen LogP contribution in [-0.4, -0.2) is 42.9 Å². The van der Waals surface area contributed by atoms with Crippen LogP contribution < -0.4 is 10.6 Å². The first kappa shape index (κ1) is 15.8. The van der Waals surface area contributed by atoms with Crippen molar-refractivity contribution in [2.75, 3.05) is 31.5 Å². The standard InChI is InChI=1S/C16H19N3O3S/c1-2-11-10-12(16(21)19-7-5-17-6-8-19)15(23-11)18-14(20)13-4-3-9-22-13/h3-4,9-10,17H,2,5-8H2,1H3,(H,18,20). The van der Waals surface area contributed by atoms with Crippen LogP contribution in [0.1, 0.15) is 32.7 Å². The lowest BCUT2D eigenvalue weighted by Crippen LogP contribution is -2.46. The van der Waals surface area contributed by atoms with Gasteiger partial charge in [0.25, 0.3) is 11.8 Å². The van der Waals surface area contributed by atoms with Crippen molar-refractivity contribution in [3.63, 3.8) is 0 Å². The fourth-order valence-electron chi connectivity index (χ4n) is 2.48. The van der Waals surface area contributed by atoms with Crippen LogP contribution in [0.2, 0.25) is 0 Å². The third-order valence-corrected chi connectivity index (χ3v) is 4.93. The summed E-state index contributed by atoms with van der Waals surface area (Å²) in [5.74, 6) is -0.136. The van der Waals surface area contributed by atoms with Gasteiger partial charge in [-0.25, -0.2) is 0 Å². The fourth-order valence-corrected chi connectivity index (χ4v) is 3.46. The normalized spacial score (nSPS) is 14.7. The average molecular weight is 333 g/mol. The second kappa shape index (κ2) is 6.97. The lowest BCUT2D eigenvalue weighted by Gasteiger charge is -2.27. The fraction of sp³-hybridized carbons (Fsp3) is 0.375. The van der Waals surface area contributed by atoms with Gasteiger partial charge in [-0.3, -0.25) is 9.59 Å². The zero-order valence-corrected chi connectivity index (χ0v) is 13.7. The number of thiophene rings is 1. The maximum Gasteiger partial charge on any atom is 0.291 e. The van der Waals surface area contributed by atoms with Crippen LogP contribution in [0.5, 0.6) is 0 Å². The van der Waals surface area contributed by atoms with E-state index in [1.54, 1.807) is 12.1 Å². The summed E-state index contributed by atoms with van der Waals surface area (Å²) in [4.78, 5) is 27.8. The minimum atomic E-state index is -0.339. The molecule has 23 heavy (non-hydrogen) atoms. The summed E-state index contributed by atoms with van der Waals surface area (Å²) >= 11 is 1.44. The number of rotatable bonds is 4. The average Bonchev–Trinajstić information content (AvgIpc) is 3.24. The van der Waals surface area contributed by atoms with E-state index in [9.17, 15) is 9.59 Å². The highest BCUT2D eigenvalue weighted by Gasteiger charge is 2.24. The van der Waals surface area contributed by atoms with Gasteiger partial charge in [0.15, 0.2) is 5.76 Å². The Labute approximate surface area is 138 Å². The van der Waals surface area contributed by atoms with E-state index in [1.807, 2.05) is 17.9 Å². The first-order valence-corrected chi connectivity index (χ1v) is 8.48. The molecular weight excluding hydrogens is 314 g/mol. The molecule has 2 aromatic heterocycles. The molecule has 0 spiro atoms. The Morgan fingerprint density at radius 2 is 2.17 bits per heavy atom. The van der Waals surface area contributed by atoms with Crippen molar-refractivity contribution in [2.24, 2.45) is 0 Å². The van der Waals surface area contributed by atoms with Gasteiger partial charge >= 0.3 is 0 Å². The molecule has 3 rings (SSSR count). The van der Waals surface area contributed by atoms with Gasteiger partial charge in [0.1, 0.15) is 5.00 Å². The van der Waals surface area contributed by atoms with Crippen molar-refractivity contribution in [3.05, 3.63) is 40.7 Å². The predicted octanol–water partition coefficient (Wildman–Crippen LogP) is 2.20.